The fourth-order valence-corrected chi connectivity index (χ4v) is 3.98. The summed E-state index contributed by atoms with van der Waals surface area (Å²) in [7, 11) is 0. The van der Waals surface area contributed by atoms with Crippen molar-refractivity contribution < 1.29 is 19.2 Å². The minimum absolute atomic E-state index is 0.0449. The molecule has 2 amide bonds. The number of fused-ring (bicyclic) bond motifs is 1. The molecule has 0 unspecified atom stereocenters. The van der Waals surface area contributed by atoms with Gasteiger partial charge in [0.2, 0.25) is 5.91 Å². The molecule has 1 heterocycles. The number of carbonyl (C=O) groups is 2. The van der Waals surface area contributed by atoms with E-state index in [0.29, 0.717) is 30.6 Å². The van der Waals surface area contributed by atoms with Crippen LogP contribution >= 0.6 is 0 Å². The Hall–Kier alpha value is -2.73. The lowest BCUT2D eigenvalue weighted by Gasteiger charge is -2.22. The lowest BCUT2D eigenvalue weighted by atomic mass is 9.83. The van der Waals surface area contributed by atoms with Gasteiger partial charge in [0.1, 0.15) is 5.82 Å². The Bertz CT molecular complexity index is 865. The molecule has 1 spiro atoms. The van der Waals surface area contributed by atoms with Gasteiger partial charge in [-0.2, -0.15) is 0 Å². The maximum atomic E-state index is 13.1. The van der Waals surface area contributed by atoms with Gasteiger partial charge in [-0.15, -0.1) is 0 Å². The van der Waals surface area contributed by atoms with E-state index in [4.69, 9.17) is 5.21 Å². The number of hydrogen-bond donors (Lipinski definition) is 2. The third-order valence-corrected chi connectivity index (χ3v) is 5.28. The summed E-state index contributed by atoms with van der Waals surface area (Å²) in [6.45, 7) is 0.600. The van der Waals surface area contributed by atoms with Gasteiger partial charge >= 0.3 is 0 Å². The number of hydroxylamine groups is 1. The molecule has 0 aromatic heterocycles. The van der Waals surface area contributed by atoms with Crippen molar-refractivity contribution in [3.63, 3.8) is 0 Å². The van der Waals surface area contributed by atoms with E-state index in [0.717, 1.165) is 17.5 Å². The summed E-state index contributed by atoms with van der Waals surface area (Å²) >= 11 is 0. The van der Waals surface area contributed by atoms with Gasteiger partial charge in [-0.3, -0.25) is 14.8 Å². The third kappa shape index (κ3) is 2.49. The minimum atomic E-state index is -0.561. The first-order chi connectivity index (χ1) is 12.0. The van der Waals surface area contributed by atoms with E-state index in [9.17, 15) is 14.0 Å². The Balaban J connectivity index is 1.60. The second-order valence-electron chi connectivity index (χ2n) is 6.74. The van der Waals surface area contributed by atoms with Crippen molar-refractivity contribution in [2.45, 2.75) is 19.3 Å². The van der Waals surface area contributed by atoms with Crippen LogP contribution in [0.3, 0.4) is 0 Å². The highest BCUT2D eigenvalue weighted by Gasteiger charge is 2.50. The van der Waals surface area contributed by atoms with Crippen molar-refractivity contribution in [1.29, 1.82) is 0 Å². The van der Waals surface area contributed by atoms with Gasteiger partial charge in [0.05, 0.1) is 5.41 Å². The fraction of sp³-hybridized carbons (Fsp3) is 0.263. The van der Waals surface area contributed by atoms with Crippen molar-refractivity contribution in [3.8, 4) is 0 Å². The lowest BCUT2D eigenvalue weighted by Crippen LogP contribution is -2.35. The van der Waals surface area contributed by atoms with Gasteiger partial charge in [-0.05, 0) is 66.8 Å². The van der Waals surface area contributed by atoms with Crippen LogP contribution in [0, 0.1) is 11.2 Å². The molecule has 1 atom stereocenters. The Morgan fingerprint density at radius 3 is 2.56 bits per heavy atom. The molecule has 1 aliphatic heterocycles. The molecular formula is C19H17FN2O3. The van der Waals surface area contributed by atoms with Gasteiger partial charge < -0.3 is 4.90 Å². The Morgan fingerprint density at radius 1 is 1.12 bits per heavy atom. The number of nitrogens with zero attached hydrogens (tertiary/aromatic N) is 1. The number of carbonyl (C=O) groups excluding carboxylic acids is 2. The average molecular weight is 340 g/mol. The highest BCUT2D eigenvalue weighted by atomic mass is 19.1. The molecule has 1 aliphatic carbocycles. The van der Waals surface area contributed by atoms with Crippen LogP contribution in [0.15, 0.2) is 42.5 Å². The van der Waals surface area contributed by atoms with Gasteiger partial charge in [0.25, 0.3) is 5.91 Å². The molecule has 25 heavy (non-hydrogen) atoms. The number of nitrogens with one attached hydrogen (secondary N) is 1. The molecule has 0 saturated carbocycles. The lowest BCUT2D eigenvalue weighted by molar-refractivity contribution is -0.125. The van der Waals surface area contributed by atoms with Crippen LogP contribution < -0.4 is 10.4 Å². The van der Waals surface area contributed by atoms with E-state index in [1.807, 2.05) is 6.07 Å². The Labute approximate surface area is 144 Å². The fourth-order valence-electron chi connectivity index (χ4n) is 3.98. The summed E-state index contributed by atoms with van der Waals surface area (Å²) in [6, 6.07) is 11.2. The summed E-state index contributed by atoms with van der Waals surface area (Å²) in [5, 5.41) is 8.78. The van der Waals surface area contributed by atoms with Gasteiger partial charge in [-0.1, -0.05) is 6.07 Å². The summed E-state index contributed by atoms with van der Waals surface area (Å²) < 4.78 is 13.1. The number of rotatable bonds is 2. The maximum Gasteiger partial charge on any atom is 0.274 e. The molecule has 0 bridgehead atoms. The molecule has 5 nitrogen and oxygen atoms in total. The SMILES string of the molecule is O=C(NO)c1ccc2c(c1)C[C@]1(CCN(c3ccc(F)cc3)C1=O)C2. The van der Waals surface area contributed by atoms with E-state index < -0.39 is 11.3 Å². The number of anilines is 1. The van der Waals surface area contributed by atoms with Crippen LogP contribution in [0.4, 0.5) is 10.1 Å². The van der Waals surface area contributed by atoms with E-state index in [2.05, 4.69) is 0 Å². The standard InChI is InChI=1S/C19H17FN2O3/c20-15-3-5-16(6-4-15)22-8-7-19(18(22)24)10-13-2-1-12(17(23)21-25)9-14(13)11-19/h1-6,9,25H,7-8,10-11H2,(H,21,23)/t19-/m0/s1. The van der Waals surface area contributed by atoms with Crippen LogP contribution in [0.2, 0.25) is 0 Å². The van der Waals surface area contributed by atoms with Crippen molar-refractivity contribution in [3.05, 3.63) is 65.0 Å². The van der Waals surface area contributed by atoms with E-state index >= 15 is 0 Å². The molecule has 2 N–H and O–H groups in total. The van der Waals surface area contributed by atoms with Crippen LogP contribution in [0.1, 0.15) is 27.9 Å². The minimum Gasteiger partial charge on any atom is -0.312 e. The summed E-state index contributed by atoms with van der Waals surface area (Å²) in [6.07, 6.45) is 1.94. The zero-order valence-electron chi connectivity index (χ0n) is 13.5. The largest absolute Gasteiger partial charge is 0.312 e. The number of amides is 2. The molecule has 2 aromatic carbocycles. The maximum absolute atomic E-state index is 13.1. The van der Waals surface area contributed by atoms with Gasteiger partial charge in [0.15, 0.2) is 0 Å². The molecule has 6 heteroatoms. The smallest absolute Gasteiger partial charge is 0.274 e. The van der Waals surface area contributed by atoms with Crippen LogP contribution in [-0.4, -0.2) is 23.6 Å². The molecule has 1 fully saturated rings. The summed E-state index contributed by atoms with van der Waals surface area (Å²) in [5.41, 5.74) is 4.24. The van der Waals surface area contributed by atoms with Crippen LogP contribution in [0.25, 0.3) is 0 Å². The predicted octanol–water partition coefficient (Wildman–Crippen LogP) is 2.47. The van der Waals surface area contributed by atoms with Crippen molar-refractivity contribution in [2.24, 2.45) is 5.41 Å². The quantitative estimate of drug-likeness (QED) is 0.652. The Morgan fingerprint density at radius 2 is 1.84 bits per heavy atom. The summed E-state index contributed by atoms with van der Waals surface area (Å²) in [5.74, 6) is -0.842. The van der Waals surface area contributed by atoms with Gasteiger partial charge in [-0.25, -0.2) is 9.87 Å². The monoisotopic (exact) mass is 340 g/mol. The van der Waals surface area contributed by atoms with Crippen molar-refractivity contribution >= 4 is 17.5 Å². The van der Waals surface area contributed by atoms with Crippen LogP contribution in [-0.2, 0) is 17.6 Å². The zero-order valence-corrected chi connectivity index (χ0v) is 13.5. The first kappa shape index (κ1) is 15.8. The highest BCUT2D eigenvalue weighted by molar-refractivity contribution is 6.01. The van der Waals surface area contributed by atoms with Crippen molar-refractivity contribution in [1.82, 2.24) is 5.48 Å². The number of benzene rings is 2. The first-order valence-electron chi connectivity index (χ1n) is 8.16. The van der Waals surface area contributed by atoms with Crippen molar-refractivity contribution in [2.75, 3.05) is 11.4 Å². The van der Waals surface area contributed by atoms with Crippen LogP contribution in [0.5, 0.6) is 0 Å². The number of halogens is 1. The predicted molar refractivity (Wildman–Crippen MR) is 88.9 cm³/mol. The van der Waals surface area contributed by atoms with E-state index in [1.54, 1.807) is 34.6 Å². The van der Waals surface area contributed by atoms with E-state index in [1.165, 1.54) is 12.1 Å². The third-order valence-electron chi connectivity index (χ3n) is 5.28. The molecule has 128 valence electrons. The average Bonchev–Trinajstić information content (AvgIpc) is 3.15. The molecule has 0 radical (unpaired) electrons. The number of hydrogen-bond acceptors (Lipinski definition) is 3. The molecule has 1 saturated heterocycles. The Kier molecular flexibility index (Phi) is 3.58. The molecule has 4 rings (SSSR count). The first-order valence-corrected chi connectivity index (χ1v) is 8.16. The summed E-state index contributed by atoms with van der Waals surface area (Å²) in [4.78, 5) is 26.4. The highest BCUT2D eigenvalue weighted by Crippen LogP contribution is 2.46. The molecular weight excluding hydrogens is 323 g/mol. The van der Waals surface area contributed by atoms with Gasteiger partial charge in [0, 0.05) is 17.8 Å². The second-order valence-corrected chi connectivity index (χ2v) is 6.74. The molecule has 2 aromatic rings. The second kappa shape index (κ2) is 5.67. The zero-order chi connectivity index (χ0) is 17.6. The van der Waals surface area contributed by atoms with E-state index in [-0.39, 0.29) is 11.7 Å². The topological polar surface area (TPSA) is 69.6 Å². The normalized spacial score (nSPS) is 21.7. The molecule has 2 aliphatic rings.